The molecule has 3 N–H and O–H groups in total. The molecule has 1 heterocycles. The van der Waals surface area contributed by atoms with Crippen LogP contribution in [0.15, 0.2) is 76.8 Å². The first-order valence-corrected chi connectivity index (χ1v) is 11.5. The Labute approximate surface area is 183 Å². The van der Waals surface area contributed by atoms with Gasteiger partial charge in [-0.25, -0.2) is 23.1 Å². The molecule has 0 saturated heterocycles. The molecule has 3 rings (SSSR count). The van der Waals surface area contributed by atoms with Gasteiger partial charge in [0, 0.05) is 35.6 Å². The zero-order chi connectivity index (χ0) is 22.3. The summed E-state index contributed by atoms with van der Waals surface area (Å²) in [5, 5.41) is 5.40. The van der Waals surface area contributed by atoms with Gasteiger partial charge in [-0.1, -0.05) is 0 Å². The van der Waals surface area contributed by atoms with Crippen LogP contribution in [0.3, 0.4) is 0 Å². The van der Waals surface area contributed by atoms with Crippen LogP contribution in [0.5, 0.6) is 0 Å². The molecule has 31 heavy (non-hydrogen) atoms. The van der Waals surface area contributed by atoms with Gasteiger partial charge in [-0.15, -0.1) is 11.8 Å². The minimum atomic E-state index is -3.83. The van der Waals surface area contributed by atoms with E-state index in [0.717, 1.165) is 4.90 Å². The third-order valence-electron chi connectivity index (χ3n) is 3.78. The quantitative estimate of drug-likeness (QED) is 0.443. The average molecular weight is 458 g/mol. The number of benzene rings is 2. The smallest absolute Gasteiger partial charge is 0.264 e. The lowest BCUT2D eigenvalue weighted by atomic mass is 10.3. The molecular weight excluding hydrogens is 438 g/mol. The van der Waals surface area contributed by atoms with Crippen molar-refractivity contribution in [1.29, 1.82) is 0 Å². The van der Waals surface area contributed by atoms with Gasteiger partial charge in [0.05, 0.1) is 10.6 Å². The van der Waals surface area contributed by atoms with E-state index in [9.17, 15) is 18.0 Å². The lowest BCUT2D eigenvalue weighted by Crippen LogP contribution is -2.16. The number of nitrogens with zero attached hydrogens (tertiary/aromatic N) is 2. The molecule has 0 aliphatic rings. The summed E-state index contributed by atoms with van der Waals surface area (Å²) < 4.78 is 27.0. The highest BCUT2D eigenvalue weighted by atomic mass is 32.2. The summed E-state index contributed by atoms with van der Waals surface area (Å²) in [7, 11) is -3.83. The average Bonchev–Trinajstić information content (AvgIpc) is 2.74. The second-order valence-corrected chi connectivity index (χ2v) is 8.98. The van der Waals surface area contributed by atoms with Crippen molar-refractivity contribution in [3.63, 3.8) is 0 Å². The Morgan fingerprint density at radius 1 is 0.903 bits per heavy atom. The number of hydrogen-bond acceptors (Lipinski definition) is 7. The van der Waals surface area contributed by atoms with E-state index in [2.05, 4.69) is 25.3 Å². The van der Waals surface area contributed by atoms with Crippen molar-refractivity contribution < 1.29 is 18.0 Å². The van der Waals surface area contributed by atoms with Crippen LogP contribution in [-0.4, -0.2) is 36.0 Å². The molecule has 0 spiro atoms. The fourth-order valence-electron chi connectivity index (χ4n) is 2.43. The second kappa shape index (κ2) is 10.0. The van der Waals surface area contributed by atoms with Crippen molar-refractivity contribution in [3.05, 3.63) is 67.0 Å². The molecule has 11 heteroatoms. The van der Waals surface area contributed by atoms with Crippen LogP contribution in [-0.2, 0) is 19.6 Å². The number of thioether (sulfide) groups is 1. The van der Waals surface area contributed by atoms with Gasteiger partial charge in [-0.2, -0.15) is 0 Å². The molecular formula is C20H19N5O4S2. The van der Waals surface area contributed by atoms with E-state index in [1.165, 1.54) is 55.3 Å². The van der Waals surface area contributed by atoms with Gasteiger partial charge in [0.25, 0.3) is 10.0 Å². The predicted molar refractivity (Wildman–Crippen MR) is 119 cm³/mol. The maximum atomic E-state index is 12.4. The van der Waals surface area contributed by atoms with Gasteiger partial charge in [-0.05, 0) is 54.6 Å². The summed E-state index contributed by atoms with van der Waals surface area (Å²) in [6.07, 6.45) is 2.86. The van der Waals surface area contributed by atoms with Gasteiger partial charge in [0.2, 0.25) is 17.8 Å². The standard InChI is InChI=1S/C20H19N5O4S2/c1-14(26)23-15-3-7-17(8-4-15)30-13-19(27)24-16-5-9-18(10-6-16)31(28,29)25-20-21-11-2-12-22-20/h2-12H,13H2,1H3,(H,23,26)(H,24,27)(H,21,22,25). The second-order valence-electron chi connectivity index (χ2n) is 6.24. The van der Waals surface area contributed by atoms with Crippen LogP contribution in [0.25, 0.3) is 0 Å². The number of carbonyl (C=O) groups is 2. The molecule has 0 atom stereocenters. The molecule has 1 aromatic heterocycles. The first kappa shape index (κ1) is 22.2. The molecule has 0 unspecified atom stereocenters. The molecule has 0 aliphatic carbocycles. The fraction of sp³-hybridized carbons (Fsp3) is 0.100. The van der Waals surface area contributed by atoms with Crippen LogP contribution in [0.4, 0.5) is 17.3 Å². The lowest BCUT2D eigenvalue weighted by Gasteiger charge is -2.09. The third kappa shape index (κ3) is 6.79. The number of rotatable bonds is 8. The fourth-order valence-corrected chi connectivity index (χ4v) is 4.09. The van der Waals surface area contributed by atoms with Crippen molar-refractivity contribution >= 4 is 50.9 Å². The summed E-state index contributed by atoms with van der Waals surface area (Å²) in [6, 6.07) is 14.5. The zero-order valence-electron chi connectivity index (χ0n) is 16.4. The van der Waals surface area contributed by atoms with Gasteiger partial charge in [0.15, 0.2) is 0 Å². The van der Waals surface area contributed by atoms with E-state index in [-0.39, 0.29) is 28.4 Å². The van der Waals surface area contributed by atoms with Gasteiger partial charge < -0.3 is 10.6 Å². The Balaban J connectivity index is 1.53. The Morgan fingerprint density at radius 3 is 2.10 bits per heavy atom. The van der Waals surface area contributed by atoms with Crippen LogP contribution >= 0.6 is 11.8 Å². The summed E-state index contributed by atoms with van der Waals surface area (Å²) in [5.74, 6) is -0.237. The molecule has 0 saturated carbocycles. The highest BCUT2D eigenvalue weighted by Crippen LogP contribution is 2.21. The highest BCUT2D eigenvalue weighted by Gasteiger charge is 2.15. The first-order chi connectivity index (χ1) is 14.8. The van der Waals surface area contributed by atoms with Crippen LogP contribution in [0.1, 0.15) is 6.92 Å². The Kier molecular flexibility index (Phi) is 7.21. The Bertz CT molecular complexity index is 1150. The summed E-state index contributed by atoms with van der Waals surface area (Å²) in [6.45, 7) is 1.43. The van der Waals surface area contributed by atoms with Gasteiger partial charge in [0.1, 0.15) is 0 Å². The van der Waals surface area contributed by atoms with Crippen molar-refractivity contribution in [2.45, 2.75) is 16.7 Å². The zero-order valence-corrected chi connectivity index (χ0v) is 18.0. The minimum absolute atomic E-state index is 0.0200. The maximum Gasteiger partial charge on any atom is 0.264 e. The molecule has 9 nitrogen and oxygen atoms in total. The highest BCUT2D eigenvalue weighted by molar-refractivity contribution is 8.00. The third-order valence-corrected chi connectivity index (χ3v) is 6.14. The molecule has 0 aliphatic heterocycles. The first-order valence-electron chi connectivity index (χ1n) is 9.02. The number of carbonyl (C=O) groups excluding carboxylic acids is 2. The van der Waals surface area contributed by atoms with Crippen molar-refractivity contribution in [2.24, 2.45) is 0 Å². The monoisotopic (exact) mass is 457 g/mol. The molecule has 0 fully saturated rings. The van der Waals surface area contributed by atoms with E-state index in [1.54, 1.807) is 18.2 Å². The lowest BCUT2D eigenvalue weighted by molar-refractivity contribution is -0.114. The van der Waals surface area contributed by atoms with E-state index in [0.29, 0.717) is 11.4 Å². The van der Waals surface area contributed by atoms with Crippen LogP contribution in [0, 0.1) is 0 Å². The largest absolute Gasteiger partial charge is 0.326 e. The number of anilines is 3. The van der Waals surface area contributed by atoms with E-state index in [1.807, 2.05) is 12.1 Å². The molecule has 0 bridgehead atoms. The molecule has 2 amide bonds. The molecule has 2 aromatic carbocycles. The summed E-state index contributed by atoms with van der Waals surface area (Å²) >= 11 is 1.34. The van der Waals surface area contributed by atoms with E-state index in [4.69, 9.17) is 0 Å². The summed E-state index contributed by atoms with van der Waals surface area (Å²) in [4.78, 5) is 31.8. The number of sulfonamides is 1. The van der Waals surface area contributed by atoms with E-state index >= 15 is 0 Å². The number of amides is 2. The Morgan fingerprint density at radius 2 is 1.48 bits per heavy atom. The predicted octanol–water partition coefficient (Wildman–Crippen LogP) is 2.97. The SMILES string of the molecule is CC(=O)Nc1ccc(SCC(=O)Nc2ccc(S(=O)(=O)Nc3ncccn3)cc2)cc1. The van der Waals surface area contributed by atoms with Crippen molar-refractivity contribution in [2.75, 3.05) is 21.1 Å². The summed E-state index contributed by atoms with van der Waals surface area (Å²) in [5.41, 5.74) is 1.16. The normalized spacial score (nSPS) is 10.9. The number of hydrogen-bond donors (Lipinski definition) is 3. The van der Waals surface area contributed by atoms with Crippen LogP contribution < -0.4 is 15.4 Å². The van der Waals surface area contributed by atoms with Crippen molar-refractivity contribution in [3.8, 4) is 0 Å². The number of aromatic nitrogens is 2. The maximum absolute atomic E-state index is 12.4. The van der Waals surface area contributed by atoms with Crippen LogP contribution in [0.2, 0.25) is 0 Å². The van der Waals surface area contributed by atoms with Crippen molar-refractivity contribution in [1.82, 2.24) is 9.97 Å². The minimum Gasteiger partial charge on any atom is -0.326 e. The van der Waals surface area contributed by atoms with Gasteiger partial charge >= 0.3 is 0 Å². The molecule has 3 aromatic rings. The number of nitrogens with one attached hydrogen (secondary N) is 3. The Hall–Kier alpha value is -3.44. The van der Waals surface area contributed by atoms with Gasteiger partial charge in [-0.3, -0.25) is 9.59 Å². The molecule has 0 radical (unpaired) electrons. The van der Waals surface area contributed by atoms with E-state index < -0.39 is 10.0 Å². The molecule has 160 valence electrons. The topological polar surface area (TPSA) is 130 Å².